The van der Waals surface area contributed by atoms with Gasteiger partial charge in [-0.3, -0.25) is 4.90 Å². The zero-order chi connectivity index (χ0) is 23.6. The van der Waals surface area contributed by atoms with E-state index in [0.29, 0.717) is 43.4 Å². The van der Waals surface area contributed by atoms with Crippen molar-refractivity contribution in [3.8, 4) is 5.75 Å². The molecule has 4 rings (SSSR count). The highest BCUT2D eigenvalue weighted by molar-refractivity contribution is 6.30. The number of benzene rings is 2. The number of amides is 1. The lowest BCUT2D eigenvalue weighted by atomic mass is 9.95. The number of carbonyl (C=O) groups is 1. The number of carbonyl (C=O) groups excluding carboxylic acids is 1. The summed E-state index contributed by atoms with van der Waals surface area (Å²) < 4.78 is 31.5. The van der Waals surface area contributed by atoms with E-state index in [1.54, 1.807) is 11.0 Å². The smallest absolute Gasteiger partial charge is 0.410 e. The molecule has 0 N–H and O–H groups in total. The van der Waals surface area contributed by atoms with Crippen molar-refractivity contribution in [3.05, 3.63) is 64.4 Å². The molecule has 8 heteroatoms. The van der Waals surface area contributed by atoms with Crippen molar-refractivity contribution in [3.63, 3.8) is 0 Å². The number of halogens is 2. The summed E-state index contributed by atoms with van der Waals surface area (Å²) in [5.74, 6) is 0.451. The van der Waals surface area contributed by atoms with Gasteiger partial charge in [0.2, 0.25) is 0 Å². The van der Waals surface area contributed by atoms with Crippen LogP contribution in [0.15, 0.2) is 42.5 Å². The van der Waals surface area contributed by atoms with Gasteiger partial charge < -0.3 is 19.1 Å². The van der Waals surface area contributed by atoms with E-state index in [0.717, 1.165) is 11.3 Å². The van der Waals surface area contributed by atoms with Gasteiger partial charge in [-0.1, -0.05) is 29.8 Å². The number of para-hydroxylation sites is 1. The molecule has 0 saturated carbocycles. The van der Waals surface area contributed by atoms with E-state index in [1.165, 1.54) is 12.1 Å². The number of piperazine rings is 1. The molecule has 178 valence electrons. The second kappa shape index (κ2) is 9.87. The molecule has 2 aromatic rings. The first-order valence-corrected chi connectivity index (χ1v) is 11.6. The Labute approximate surface area is 199 Å². The molecule has 2 heterocycles. The van der Waals surface area contributed by atoms with Gasteiger partial charge in [0.15, 0.2) is 0 Å². The molecule has 0 bridgehead atoms. The third-order valence-electron chi connectivity index (χ3n) is 5.74. The largest absolute Gasteiger partial charge is 0.490 e. The molecule has 1 fully saturated rings. The van der Waals surface area contributed by atoms with Gasteiger partial charge in [0.1, 0.15) is 29.9 Å². The maximum Gasteiger partial charge on any atom is 0.410 e. The second-order valence-electron chi connectivity index (χ2n) is 9.42. The number of nitrogens with zero attached hydrogens (tertiary/aromatic N) is 2. The predicted octanol–water partition coefficient (Wildman–Crippen LogP) is 5.05. The normalized spacial score (nSPS) is 21.3. The fourth-order valence-electron chi connectivity index (χ4n) is 4.30. The van der Waals surface area contributed by atoms with Crippen LogP contribution in [0.4, 0.5) is 9.18 Å². The molecule has 0 radical (unpaired) electrons. The highest BCUT2D eigenvalue weighted by Crippen LogP contribution is 2.38. The Kier molecular flexibility index (Phi) is 7.12. The monoisotopic (exact) mass is 476 g/mol. The molecule has 0 aromatic heterocycles. The van der Waals surface area contributed by atoms with Crippen molar-refractivity contribution >= 4 is 17.7 Å². The molecule has 1 saturated heterocycles. The number of ether oxygens (including phenoxy) is 3. The van der Waals surface area contributed by atoms with Gasteiger partial charge in [-0.05, 0) is 50.6 Å². The van der Waals surface area contributed by atoms with Gasteiger partial charge in [-0.25, -0.2) is 9.18 Å². The summed E-state index contributed by atoms with van der Waals surface area (Å²) in [4.78, 5) is 16.5. The highest BCUT2D eigenvalue weighted by atomic mass is 35.5. The quantitative estimate of drug-likeness (QED) is 0.618. The SMILES string of the molecule is CC(C)(C)OC(=O)N1CCN([C@H]2c3ccccc3OC[C@@H]2OCc2cc(F)cc(Cl)c2)CC1. The maximum absolute atomic E-state index is 13.7. The molecule has 2 aromatic carbocycles. The van der Waals surface area contributed by atoms with Crippen LogP contribution in [0.2, 0.25) is 5.02 Å². The van der Waals surface area contributed by atoms with Crippen LogP contribution in [-0.2, 0) is 16.1 Å². The first-order valence-electron chi connectivity index (χ1n) is 11.2. The standard InChI is InChI=1S/C25H30ClFN2O4/c1-25(2,3)33-24(30)29-10-8-28(9-11-29)23-20-6-4-5-7-21(20)32-16-22(23)31-15-17-12-18(26)14-19(27)13-17/h4-7,12-14,22-23H,8-11,15-16H2,1-3H3/t22-,23-/m0/s1. The van der Waals surface area contributed by atoms with Gasteiger partial charge in [0, 0.05) is 36.8 Å². The Bertz CT molecular complexity index is 968. The van der Waals surface area contributed by atoms with Crippen molar-refractivity contribution in [1.82, 2.24) is 9.80 Å². The van der Waals surface area contributed by atoms with E-state index in [2.05, 4.69) is 11.0 Å². The van der Waals surface area contributed by atoms with Gasteiger partial charge in [0.25, 0.3) is 0 Å². The predicted molar refractivity (Wildman–Crippen MR) is 124 cm³/mol. The maximum atomic E-state index is 13.7. The van der Waals surface area contributed by atoms with Crippen molar-refractivity contribution in [1.29, 1.82) is 0 Å². The van der Waals surface area contributed by atoms with Crippen molar-refractivity contribution in [2.24, 2.45) is 0 Å². The van der Waals surface area contributed by atoms with E-state index in [1.807, 2.05) is 39.0 Å². The van der Waals surface area contributed by atoms with Crippen LogP contribution < -0.4 is 4.74 Å². The van der Waals surface area contributed by atoms with Crippen LogP contribution in [0.5, 0.6) is 5.75 Å². The number of hydrogen-bond acceptors (Lipinski definition) is 5. The molecule has 2 aliphatic heterocycles. The average Bonchev–Trinajstić information content (AvgIpc) is 2.75. The second-order valence-corrected chi connectivity index (χ2v) is 9.86. The van der Waals surface area contributed by atoms with Crippen LogP contribution in [0.1, 0.15) is 37.9 Å². The molecular formula is C25H30ClFN2O4. The van der Waals surface area contributed by atoms with E-state index in [-0.39, 0.29) is 30.7 Å². The summed E-state index contributed by atoms with van der Waals surface area (Å²) >= 11 is 6.00. The molecule has 0 spiro atoms. The zero-order valence-electron chi connectivity index (χ0n) is 19.2. The molecule has 0 aliphatic carbocycles. The topological polar surface area (TPSA) is 51.2 Å². The van der Waals surface area contributed by atoms with Crippen LogP contribution in [0.25, 0.3) is 0 Å². The fourth-order valence-corrected chi connectivity index (χ4v) is 4.54. The molecule has 33 heavy (non-hydrogen) atoms. The Hall–Kier alpha value is -2.35. The first-order chi connectivity index (χ1) is 15.7. The molecule has 2 aliphatic rings. The number of hydrogen-bond donors (Lipinski definition) is 0. The lowest BCUT2D eigenvalue weighted by molar-refractivity contribution is -0.0691. The molecule has 6 nitrogen and oxygen atoms in total. The minimum atomic E-state index is -0.521. The van der Waals surface area contributed by atoms with Crippen LogP contribution in [-0.4, -0.2) is 60.4 Å². The lowest BCUT2D eigenvalue weighted by Gasteiger charge is -2.44. The van der Waals surface area contributed by atoms with E-state index in [9.17, 15) is 9.18 Å². The average molecular weight is 477 g/mol. The molecule has 0 unspecified atom stereocenters. The van der Waals surface area contributed by atoms with Gasteiger partial charge in [-0.15, -0.1) is 0 Å². The summed E-state index contributed by atoms with van der Waals surface area (Å²) in [5, 5.41) is 0.341. The Morgan fingerprint density at radius 2 is 1.88 bits per heavy atom. The molecular weight excluding hydrogens is 447 g/mol. The molecule has 2 atom stereocenters. The fraction of sp³-hybridized carbons (Fsp3) is 0.480. The van der Waals surface area contributed by atoms with Gasteiger partial charge in [-0.2, -0.15) is 0 Å². The van der Waals surface area contributed by atoms with Crippen molar-refractivity contribution < 1.29 is 23.4 Å². The zero-order valence-corrected chi connectivity index (χ0v) is 20.0. The summed E-state index contributed by atoms with van der Waals surface area (Å²) in [6, 6.07) is 12.3. The summed E-state index contributed by atoms with van der Waals surface area (Å²) in [6.07, 6.45) is -0.541. The highest BCUT2D eigenvalue weighted by Gasteiger charge is 2.38. The van der Waals surface area contributed by atoms with Gasteiger partial charge in [0.05, 0.1) is 12.6 Å². The minimum Gasteiger partial charge on any atom is -0.490 e. The minimum absolute atomic E-state index is 0.0419. The third-order valence-corrected chi connectivity index (χ3v) is 5.96. The van der Waals surface area contributed by atoms with Crippen LogP contribution in [0, 0.1) is 5.82 Å². The van der Waals surface area contributed by atoms with Crippen molar-refractivity contribution in [2.45, 2.75) is 45.1 Å². The molecule has 1 amide bonds. The Morgan fingerprint density at radius 3 is 2.58 bits per heavy atom. The van der Waals surface area contributed by atoms with E-state index >= 15 is 0 Å². The summed E-state index contributed by atoms with van der Waals surface area (Å²) in [5.41, 5.74) is 1.20. The Morgan fingerprint density at radius 1 is 1.15 bits per heavy atom. The van der Waals surface area contributed by atoms with E-state index in [4.69, 9.17) is 25.8 Å². The van der Waals surface area contributed by atoms with Crippen LogP contribution in [0.3, 0.4) is 0 Å². The van der Waals surface area contributed by atoms with Crippen molar-refractivity contribution in [2.75, 3.05) is 32.8 Å². The third kappa shape index (κ3) is 5.96. The number of rotatable bonds is 4. The lowest BCUT2D eigenvalue weighted by Crippen LogP contribution is -2.54. The Balaban J connectivity index is 1.47. The summed E-state index contributed by atoms with van der Waals surface area (Å²) in [6.45, 7) is 8.73. The van der Waals surface area contributed by atoms with Crippen LogP contribution >= 0.6 is 11.6 Å². The van der Waals surface area contributed by atoms with Gasteiger partial charge >= 0.3 is 6.09 Å². The summed E-state index contributed by atoms with van der Waals surface area (Å²) in [7, 11) is 0. The van der Waals surface area contributed by atoms with E-state index < -0.39 is 5.60 Å². The first kappa shape index (κ1) is 23.8. The number of fused-ring (bicyclic) bond motifs is 1.